The topological polar surface area (TPSA) is 47.6 Å². The Balaban J connectivity index is 2.07. The van der Waals surface area contributed by atoms with Crippen LogP contribution in [0.3, 0.4) is 0 Å². The van der Waals surface area contributed by atoms with E-state index in [2.05, 4.69) is 23.5 Å². The van der Waals surface area contributed by atoms with E-state index in [1.807, 2.05) is 39.0 Å². The number of ether oxygens (including phenoxy) is 2. The summed E-state index contributed by atoms with van der Waals surface area (Å²) in [6, 6.07) is 11.7. The lowest BCUT2D eigenvalue weighted by molar-refractivity contribution is -0.121. The smallest absolute Gasteiger partial charge is 0.224 e. The molecule has 0 aliphatic rings. The summed E-state index contributed by atoms with van der Waals surface area (Å²) in [6.45, 7) is 6.02. The van der Waals surface area contributed by atoms with Crippen LogP contribution in [0.25, 0.3) is 0 Å². The molecule has 2 aromatic carbocycles. The molecule has 0 aromatic heterocycles. The summed E-state index contributed by atoms with van der Waals surface area (Å²) in [4.78, 5) is 12.4. The first-order valence-corrected chi connectivity index (χ1v) is 8.02. The third kappa shape index (κ3) is 4.28. The number of nitrogens with one attached hydrogen (secondary N) is 1. The first kappa shape index (κ1) is 17.9. The lowest BCUT2D eigenvalue weighted by Gasteiger charge is -2.17. The number of carbonyl (C=O) groups is 1. The molecule has 0 radical (unpaired) electrons. The van der Waals surface area contributed by atoms with Crippen LogP contribution in [-0.4, -0.2) is 20.1 Å². The van der Waals surface area contributed by atoms with Crippen molar-refractivity contribution in [3.63, 3.8) is 0 Å². The standard InChI is InChI=1S/C20H25NO3/c1-13-6-7-14(2)17(10-13)12-20(22)21-15(3)16-8-9-18(23-4)19(11-16)24-5/h6-11,15H,12H2,1-5H3,(H,21,22)/t15-/m0/s1. The van der Waals surface area contributed by atoms with Crippen molar-refractivity contribution >= 4 is 5.91 Å². The van der Waals surface area contributed by atoms with Crippen molar-refractivity contribution in [2.24, 2.45) is 0 Å². The Morgan fingerprint density at radius 3 is 2.42 bits per heavy atom. The van der Waals surface area contributed by atoms with Gasteiger partial charge in [-0.05, 0) is 49.6 Å². The molecule has 4 heteroatoms. The number of carbonyl (C=O) groups excluding carboxylic acids is 1. The minimum Gasteiger partial charge on any atom is -0.493 e. The lowest BCUT2D eigenvalue weighted by atomic mass is 10.0. The van der Waals surface area contributed by atoms with Crippen LogP contribution >= 0.6 is 0 Å². The normalized spacial score (nSPS) is 11.7. The van der Waals surface area contributed by atoms with Gasteiger partial charge in [0.05, 0.1) is 26.7 Å². The van der Waals surface area contributed by atoms with E-state index in [4.69, 9.17) is 9.47 Å². The third-order valence-corrected chi connectivity index (χ3v) is 4.14. The summed E-state index contributed by atoms with van der Waals surface area (Å²) in [5, 5.41) is 3.04. The summed E-state index contributed by atoms with van der Waals surface area (Å²) in [7, 11) is 3.21. The van der Waals surface area contributed by atoms with E-state index in [1.165, 1.54) is 0 Å². The Hall–Kier alpha value is -2.49. The summed E-state index contributed by atoms with van der Waals surface area (Å²) in [5.41, 5.74) is 4.33. The fourth-order valence-corrected chi connectivity index (χ4v) is 2.66. The van der Waals surface area contributed by atoms with E-state index in [1.54, 1.807) is 14.2 Å². The van der Waals surface area contributed by atoms with Gasteiger partial charge in [0, 0.05) is 0 Å². The fraction of sp³-hybridized carbons (Fsp3) is 0.350. The van der Waals surface area contributed by atoms with Crippen molar-refractivity contribution in [3.8, 4) is 11.5 Å². The van der Waals surface area contributed by atoms with E-state index in [-0.39, 0.29) is 11.9 Å². The predicted octanol–water partition coefficient (Wildman–Crippen LogP) is 3.74. The lowest BCUT2D eigenvalue weighted by Crippen LogP contribution is -2.28. The molecule has 0 aliphatic carbocycles. The van der Waals surface area contributed by atoms with Crippen molar-refractivity contribution < 1.29 is 14.3 Å². The maximum atomic E-state index is 12.4. The third-order valence-electron chi connectivity index (χ3n) is 4.14. The zero-order valence-corrected chi connectivity index (χ0v) is 15.0. The number of benzene rings is 2. The van der Waals surface area contributed by atoms with Crippen LogP contribution in [0.2, 0.25) is 0 Å². The van der Waals surface area contributed by atoms with Crippen molar-refractivity contribution in [2.45, 2.75) is 33.2 Å². The number of rotatable bonds is 6. The number of amides is 1. The molecule has 1 atom stereocenters. The largest absolute Gasteiger partial charge is 0.493 e. The van der Waals surface area contributed by atoms with Gasteiger partial charge in [0.25, 0.3) is 0 Å². The maximum Gasteiger partial charge on any atom is 0.224 e. The van der Waals surface area contributed by atoms with Gasteiger partial charge in [0.1, 0.15) is 0 Å². The molecule has 0 fully saturated rings. The Morgan fingerprint density at radius 2 is 1.75 bits per heavy atom. The van der Waals surface area contributed by atoms with Gasteiger partial charge in [-0.2, -0.15) is 0 Å². The summed E-state index contributed by atoms with van der Waals surface area (Å²) >= 11 is 0. The molecular weight excluding hydrogens is 302 g/mol. The molecule has 128 valence electrons. The molecule has 0 aliphatic heterocycles. The Kier molecular flexibility index (Phi) is 5.85. The quantitative estimate of drug-likeness (QED) is 0.879. The molecule has 0 spiro atoms. The molecule has 1 N–H and O–H groups in total. The van der Waals surface area contributed by atoms with Gasteiger partial charge in [0.15, 0.2) is 11.5 Å². The van der Waals surface area contributed by atoms with Gasteiger partial charge in [-0.3, -0.25) is 4.79 Å². The van der Waals surface area contributed by atoms with Crippen LogP contribution in [0.5, 0.6) is 11.5 Å². The van der Waals surface area contributed by atoms with Gasteiger partial charge in [-0.1, -0.05) is 29.8 Å². The Morgan fingerprint density at radius 1 is 1.04 bits per heavy atom. The molecule has 0 heterocycles. The van der Waals surface area contributed by atoms with E-state index in [0.717, 1.165) is 22.3 Å². The molecule has 4 nitrogen and oxygen atoms in total. The number of hydrogen-bond donors (Lipinski definition) is 1. The average molecular weight is 327 g/mol. The Bertz CT molecular complexity index is 725. The minimum absolute atomic E-state index is 0.00554. The summed E-state index contributed by atoms with van der Waals surface area (Å²) in [5.74, 6) is 1.34. The maximum absolute atomic E-state index is 12.4. The molecule has 2 aromatic rings. The summed E-state index contributed by atoms with van der Waals surface area (Å²) in [6.07, 6.45) is 0.380. The zero-order valence-electron chi connectivity index (χ0n) is 15.0. The van der Waals surface area contributed by atoms with Crippen LogP contribution in [0.1, 0.15) is 35.2 Å². The minimum atomic E-state index is -0.109. The highest BCUT2D eigenvalue weighted by Crippen LogP contribution is 2.29. The van der Waals surface area contributed by atoms with Crippen LogP contribution in [0.4, 0.5) is 0 Å². The Labute approximate surface area is 143 Å². The van der Waals surface area contributed by atoms with E-state index in [9.17, 15) is 4.79 Å². The number of hydrogen-bond acceptors (Lipinski definition) is 3. The molecule has 1 amide bonds. The average Bonchev–Trinajstić information content (AvgIpc) is 2.57. The van der Waals surface area contributed by atoms with Gasteiger partial charge in [-0.25, -0.2) is 0 Å². The van der Waals surface area contributed by atoms with E-state index < -0.39 is 0 Å². The number of aryl methyl sites for hydroxylation is 2. The first-order chi connectivity index (χ1) is 11.4. The van der Waals surface area contributed by atoms with Crippen LogP contribution in [0, 0.1) is 13.8 Å². The fourth-order valence-electron chi connectivity index (χ4n) is 2.66. The zero-order chi connectivity index (χ0) is 17.7. The van der Waals surface area contributed by atoms with Gasteiger partial charge in [0.2, 0.25) is 5.91 Å². The van der Waals surface area contributed by atoms with E-state index >= 15 is 0 Å². The number of methoxy groups -OCH3 is 2. The second-order valence-corrected chi connectivity index (χ2v) is 6.01. The molecule has 24 heavy (non-hydrogen) atoms. The molecule has 0 saturated heterocycles. The highest BCUT2D eigenvalue weighted by atomic mass is 16.5. The van der Waals surface area contributed by atoms with Gasteiger partial charge in [-0.15, -0.1) is 0 Å². The highest BCUT2D eigenvalue weighted by Gasteiger charge is 2.14. The highest BCUT2D eigenvalue weighted by molar-refractivity contribution is 5.79. The predicted molar refractivity (Wildman–Crippen MR) is 95.7 cm³/mol. The van der Waals surface area contributed by atoms with Crippen LogP contribution < -0.4 is 14.8 Å². The molecular formula is C20H25NO3. The van der Waals surface area contributed by atoms with Gasteiger partial charge >= 0.3 is 0 Å². The van der Waals surface area contributed by atoms with E-state index in [0.29, 0.717) is 17.9 Å². The van der Waals surface area contributed by atoms with Crippen molar-refractivity contribution in [1.82, 2.24) is 5.32 Å². The van der Waals surface area contributed by atoms with Crippen molar-refractivity contribution in [2.75, 3.05) is 14.2 Å². The molecule has 0 saturated carbocycles. The molecule has 0 unspecified atom stereocenters. The van der Waals surface area contributed by atoms with Crippen LogP contribution in [-0.2, 0) is 11.2 Å². The SMILES string of the molecule is COc1ccc([C@H](C)NC(=O)Cc2cc(C)ccc2C)cc1OC. The van der Waals surface area contributed by atoms with Crippen molar-refractivity contribution in [1.29, 1.82) is 0 Å². The molecule has 0 bridgehead atoms. The van der Waals surface area contributed by atoms with Crippen molar-refractivity contribution in [3.05, 3.63) is 58.7 Å². The monoisotopic (exact) mass is 327 g/mol. The van der Waals surface area contributed by atoms with Crippen LogP contribution in [0.15, 0.2) is 36.4 Å². The molecule has 2 rings (SSSR count). The summed E-state index contributed by atoms with van der Waals surface area (Å²) < 4.78 is 10.6. The second kappa shape index (κ2) is 7.86. The first-order valence-electron chi connectivity index (χ1n) is 8.02. The van der Waals surface area contributed by atoms with Gasteiger partial charge < -0.3 is 14.8 Å². The second-order valence-electron chi connectivity index (χ2n) is 6.01.